The molecule has 0 fully saturated rings. The largest absolute Gasteiger partial charge is 0.304 e. The standard InChI is InChI=1S/C12H8BrN5O3/c1-17-6-7(5-14)11(16-17)15-12(19)8-3-2-4-9(10(8)13)18(20)21/h2-4,6H,1H3,(H,15,16,19). The molecule has 1 aromatic carbocycles. The molecule has 0 aliphatic carbocycles. The first-order valence-electron chi connectivity index (χ1n) is 5.62. The minimum Gasteiger partial charge on any atom is -0.304 e. The molecular formula is C12H8BrN5O3. The summed E-state index contributed by atoms with van der Waals surface area (Å²) >= 11 is 3.04. The van der Waals surface area contributed by atoms with Gasteiger partial charge in [-0.15, -0.1) is 0 Å². The maximum absolute atomic E-state index is 12.2. The van der Waals surface area contributed by atoms with Crippen molar-refractivity contribution in [2.75, 3.05) is 5.32 Å². The molecular weight excluding hydrogens is 342 g/mol. The fraction of sp³-hybridized carbons (Fsp3) is 0.0833. The van der Waals surface area contributed by atoms with Crippen LogP contribution in [0.4, 0.5) is 11.5 Å². The zero-order valence-corrected chi connectivity index (χ0v) is 12.3. The van der Waals surface area contributed by atoms with Crippen molar-refractivity contribution in [3.63, 3.8) is 0 Å². The van der Waals surface area contributed by atoms with Gasteiger partial charge in [-0.25, -0.2) is 0 Å². The fourth-order valence-electron chi connectivity index (χ4n) is 1.67. The molecule has 0 unspecified atom stereocenters. The molecule has 8 nitrogen and oxygen atoms in total. The molecule has 0 atom stereocenters. The van der Waals surface area contributed by atoms with Crippen LogP contribution in [-0.2, 0) is 7.05 Å². The van der Waals surface area contributed by atoms with Crippen LogP contribution in [0.15, 0.2) is 28.9 Å². The number of carbonyl (C=O) groups is 1. The topological polar surface area (TPSA) is 114 Å². The molecule has 0 bridgehead atoms. The lowest BCUT2D eigenvalue weighted by molar-refractivity contribution is -0.385. The molecule has 0 aliphatic heterocycles. The number of rotatable bonds is 3. The van der Waals surface area contributed by atoms with E-state index in [1.807, 2.05) is 6.07 Å². The minimum atomic E-state index is -0.597. The van der Waals surface area contributed by atoms with Crippen LogP contribution < -0.4 is 5.32 Å². The van der Waals surface area contributed by atoms with Crippen LogP contribution in [0.1, 0.15) is 15.9 Å². The number of hydrogen-bond donors (Lipinski definition) is 1. The monoisotopic (exact) mass is 349 g/mol. The van der Waals surface area contributed by atoms with Crippen LogP contribution in [0, 0.1) is 21.4 Å². The summed E-state index contributed by atoms with van der Waals surface area (Å²) in [6, 6.07) is 6.02. The minimum absolute atomic E-state index is 0.0712. The molecule has 9 heteroatoms. The third kappa shape index (κ3) is 2.90. The van der Waals surface area contributed by atoms with Gasteiger partial charge in [-0.05, 0) is 22.0 Å². The van der Waals surface area contributed by atoms with E-state index in [9.17, 15) is 14.9 Å². The number of aryl methyl sites for hydroxylation is 1. The summed E-state index contributed by atoms with van der Waals surface area (Å²) in [5.41, 5.74) is 0.0651. The lowest BCUT2D eigenvalue weighted by Crippen LogP contribution is -2.14. The van der Waals surface area contributed by atoms with E-state index in [0.717, 1.165) is 0 Å². The molecule has 1 amide bonds. The van der Waals surface area contributed by atoms with E-state index in [4.69, 9.17) is 5.26 Å². The van der Waals surface area contributed by atoms with E-state index in [2.05, 4.69) is 26.3 Å². The summed E-state index contributed by atoms with van der Waals surface area (Å²) in [5, 5.41) is 26.2. The molecule has 106 valence electrons. The molecule has 2 aromatic rings. The van der Waals surface area contributed by atoms with Gasteiger partial charge in [0.25, 0.3) is 11.6 Å². The fourth-order valence-corrected chi connectivity index (χ4v) is 2.26. The average molecular weight is 350 g/mol. The first-order chi connectivity index (χ1) is 9.93. The number of nitrogens with zero attached hydrogens (tertiary/aromatic N) is 4. The van der Waals surface area contributed by atoms with Crippen LogP contribution in [0.3, 0.4) is 0 Å². The Morgan fingerprint density at radius 2 is 2.29 bits per heavy atom. The summed E-state index contributed by atoms with van der Waals surface area (Å²) in [5.74, 6) is -0.496. The van der Waals surface area contributed by atoms with Gasteiger partial charge < -0.3 is 5.32 Å². The zero-order valence-electron chi connectivity index (χ0n) is 10.7. The van der Waals surface area contributed by atoms with Gasteiger partial charge >= 0.3 is 0 Å². The molecule has 0 aliphatic rings. The Morgan fingerprint density at radius 3 is 2.90 bits per heavy atom. The number of anilines is 1. The normalized spacial score (nSPS) is 9.95. The third-order valence-corrected chi connectivity index (χ3v) is 3.43. The Balaban J connectivity index is 2.35. The lowest BCUT2D eigenvalue weighted by atomic mass is 10.2. The van der Waals surface area contributed by atoms with Crippen LogP contribution in [0.2, 0.25) is 0 Å². The van der Waals surface area contributed by atoms with E-state index in [1.165, 1.54) is 29.1 Å². The molecule has 21 heavy (non-hydrogen) atoms. The molecule has 0 spiro atoms. The van der Waals surface area contributed by atoms with E-state index in [0.29, 0.717) is 0 Å². The van der Waals surface area contributed by atoms with Crippen LogP contribution in [0.25, 0.3) is 0 Å². The smallest absolute Gasteiger partial charge is 0.284 e. The number of nitro groups is 1. The van der Waals surface area contributed by atoms with Gasteiger partial charge in [0.2, 0.25) is 0 Å². The number of amides is 1. The quantitative estimate of drug-likeness (QED) is 0.673. The highest BCUT2D eigenvalue weighted by Crippen LogP contribution is 2.28. The zero-order chi connectivity index (χ0) is 15.6. The van der Waals surface area contributed by atoms with E-state index in [1.54, 1.807) is 7.05 Å². The average Bonchev–Trinajstić information content (AvgIpc) is 2.78. The van der Waals surface area contributed by atoms with Crippen molar-refractivity contribution in [2.45, 2.75) is 0 Å². The number of nitro benzene ring substituents is 1. The summed E-state index contributed by atoms with van der Waals surface area (Å²) < 4.78 is 1.46. The Morgan fingerprint density at radius 1 is 1.57 bits per heavy atom. The number of nitriles is 1. The lowest BCUT2D eigenvalue weighted by Gasteiger charge is -2.05. The van der Waals surface area contributed by atoms with E-state index < -0.39 is 10.8 Å². The van der Waals surface area contributed by atoms with E-state index >= 15 is 0 Å². The van der Waals surface area contributed by atoms with Crippen molar-refractivity contribution >= 4 is 33.3 Å². The molecule has 0 radical (unpaired) electrons. The van der Waals surface area contributed by atoms with Crippen molar-refractivity contribution < 1.29 is 9.72 Å². The SMILES string of the molecule is Cn1cc(C#N)c(NC(=O)c2cccc([N+](=O)[O-])c2Br)n1. The second kappa shape index (κ2) is 5.72. The van der Waals surface area contributed by atoms with Gasteiger partial charge in [-0.2, -0.15) is 10.4 Å². The van der Waals surface area contributed by atoms with Gasteiger partial charge in [0.05, 0.1) is 10.5 Å². The highest BCUT2D eigenvalue weighted by molar-refractivity contribution is 9.10. The second-order valence-corrected chi connectivity index (χ2v) is 4.82. The van der Waals surface area contributed by atoms with Crippen molar-refractivity contribution in [2.24, 2.45) is 7.05 Å². The highest BCUT2D eigenvalue weighted by atomic mass is 79.9. The molecule has 0 saturated heterocycles. The molecule has 0 saturated carbocycles. The Kier molecular flexibility index (Phi) is 4.00. The summed E-state index contributed by atoms with van der Waals surface area (Å²) in [4.78, 5) is 22.4. The van der Waals surface area contributed by atoms with Crippen molar-refractivity contribution in [3.05, 3.63) is 50.1 Å². The molecule has 1 aromatic heterocycles. The van der Waals surface area contributed by atoms with Crippen LogP contribution in [-0.4, -0.2) is 20.6 Å². The maximum Gasteiger partial charge on any atom is 0.284 e. The summed E-state index contributed by atoms with van der Waals surface area (Å²) in [6.07, 6.45) is 1.46. The van der Waals surface area contributed by atoms with Crippen molar-refractivity contribution in [1.82, 2.24) is 9.78 Å². The predicted molar refractivity (Wildman–Crippen MR) is 76.7 cm³/mol. The Hall–Kier alpha value is -2.73. The molecule has 1 N–H and O–H groups in total. The summed E-state index contributed by atoms with van der Waals surface area (Å²) in [6.45, 7) is 0. The number of benzene rings is 1. The van der Waals surface area contributed by atoms with Crippen molar-refractivity contribution in [3.8, 4) is 6.07 Å². The molecule has 1 heterocycles. The van der Waals surface area contributed by atoms with E-state index in [-0.39, 0.29) is 27.1 Å². The first kappa shape index (κ1) is 14.7. The van der Waals surface area contributed by atoms with Crippen LogP contribution >= 0.6 is 15.9 Å². The third-order valence-electron chi connectivity index (χ3n) is 2.60. The first-order valence-corrected chi connectivity index (χ1v) is 6.41. The van der Waals surface area contributed by atoms with Crippen molar-refractivity contribution in [1.29, 1.82) is 5.26 Å². The van der Waals surface area contributed by atoms with Gasteiger partial charge in [-0.3, -0.25) is 19.6 Å². The second-order valence-electron chi connectivity index (χ2n) is 4.03. The highest BCUT2D eigenvalue weighted by Gasteiger charge is 2.21. The van der Waals surface area contributed by atoms with Gasteiger partial charge in [-0.1, -0.05) is 6.07 Å². The van der Waals surface area contributed by atoms with Crippen LogP contribution in [0.5, 0.6) is 0 Å². The summed E-state index contributed by atoms with van der Waals surface area (Å²) in [7, 11) is 1.61. The Bertz CT molecular complexity index is 778. The number of nitrogens with one attached hydrogen (secondary N) is 1. The molecule has 2 rings (SSSR count). The number of carbonyl (C=O) groups excluding carboxylic acids is 1. The number of aromatic nitrogens is 2. The number of hydrogen-bond acceptors (Lipinski definition) is 5. The van der Waals surface area contributed by atoms with Gasteiger partial charge in [0, 0.05) is 19.3 Å². The van der Waals surface area contributed by atoms with Gasteiger partial charge in [0.15, 0.2) is 5.82 Å². The van der Waals surface area contributed by atoms with Gasteiger partial charge in [0.1, 0.15) is 16.1 Å². The number of halogens is 1. The maximum atomic E-state index is 12.2. The predicted octanol–water partition coefficient (Wildman–Crippen LogP) is 2.21. The Labute approximate surface area is 127 Å².